The van der Waals surface area contributed by atoms with Gasteiger partial charge in [0.1, 0.15) is 11.6 Å². The Morgan fingerprint density at radius 3 is 2.44 bits per heavy atom. The summed E-state index contributed by atoms with van der Waals surface area (Å²) < 4.78 is 13.1. The molecule has 1 amide bonds. The van der Waals surface area contributed by atoms with Gasteiger partial charge in [0.25, 0.3) is 5.91 Å². The number of halogens is 1. The molecule has 2 heterocycles. The Morgan fingerprint density at radius 2 is 1.85 bits per heavy atom. The number of amides is 1. The SMILES string of the molecule is C=C(/C=c1/cc(NC(=O)c2ccc(F)cc2)nc/c1=C/C)/C(C=N)=C(/C)CN1CCCC1.CC. The van der Waals surface area contributed by atoms with E-state index in [0.29, 0.717) is 11.4 Å². The molecule has 180 valence electrons. The molecule has 0 bridgehead atoms. The van der Waals surface area contributed by atoms with Crippen molar-refractivity contribution in [2.75, 3.05) is 25.0 Å². The van der Waals surface area contributed by atoms with Gasteiger partial charge in [0.2, 0.25) is 0 Å². The van der Waals surface area contributed by atoms with E-state index in [0.717, 1.165) is 46.8 Å². The Labute approximate surface area is 201 Å². The van der Waals surface area contributed by atoms with Gasteiger partial charge in [-0.3, -0.25) is 9.69 Å². The second kappa shape index (κ2) is 13.4. The summed E-state index contributed by atoms with van der Waals surface area (Å²) in [5.41, 5.74) is 3.01. The molecule has 5 nitrogen and oxygen atoms in total. The van der Waals surface area contributed by atoms with Crippen molar-refractivity contribution in [2.24, 2.45) is 0 Å². The lowest BCUT2D eigenvalue weighted by Gasteiger charge is -2.17. The monoisotopic (exact) mass is 462 g/mol. The highest BCUT2D eigenvalue weighted by Crippen LogP contribution is 2.16. The number of pyridine rings is 1. The molecule has 1 saturated heterocycles. The Bertz CT molecular complexity index is 1160. The molecule has 0 radical (unpaired) electrons. The molecule has 34 heavy (non-hydrogen) atoms. The van der Waals surface area contributed by atoms with E-state index in [-0.39, 0.29) is 5.91 Å². The van der Waals surface area contributed by atoms with Crippen LogP contribution in [0, 0.1) is 11.2 Å². The summed E-state index contributed by atoms with van der Waals surface area (Å²) in [5.74, 6) is -0.372. The van der Waals surface area contributed by atoms with E-state index in [1.54, 1.807) is 12.3 Å². The van der Waals surface area contributed by atoms with Gasteiger partial charge in [-0.2, -0.15) is 0 Å². The fraction of sp³-hybridized carbons (Fsp3) is 0.321. The van der Waals surface area contributed by atoms with E-state index in [4.69, 9.17) is 5.41 Å². The topological polar surface area (TPSA) is 69.1 Å². The van der Waals surface area contributed by atoms with Gasteiger partial charge in [0.05, 0.1) is 0 Å². The van der Waals surface area contributed by atoms with Crippen molar-refractivity contribution in [1.82, 2.24) is 9.88 Å². The first-order chi connectivity index (χ1) is 16.4. The van der Waals surface area contributed by atoms with Gasteiger partial charge in [-0.15, -0.1) is 0 Å². The molecule has 0 saturated carbocycles. The molecule has 1 aromatic heterocycles. The third-order valence-electron chi connectivity index (χ3n) is 5.57. The van der Waals surface area contributed by atoms with E-state index >= 15 is 0 Å². The van der Waals surface area contributed by atoms with Gasteiger partial charge in [-0.1, -0.05) is 26.5 Å². The Hall–Kier alpha value is -3.38. The van der Waals surface area contributed by atoms with Gasteiger partial charge in [-0.25, -0.2) is 9.37 Å². The lowest BCUT2D eigenvalue weighted by molar-refractivity contribution is 0.102. The average molecular weight is 463 g/mol. The van der Waals surface area contributed by atoms with Gasteiger partial charge in [0, 0.05) is 24.5 Å². The second-order valence-electron chi connectivity index (χ2n) is 7.94. The molecule has 1 fully saturated rings. The fourth-order valence-electron chi connectivity index (χ4n) is 3.82. The molecule has 0 spiro atoms. The predicted molar refractivity (Wildman–Crippen MR) is 140 cm³/mol. The molecule has 0 atom stereocenters. The van der Waals surface area contributed by atoms with E-state index in [9.17, 15) is 9.18 Å². The van der Waals surface area contributed by atoms with Crippen LogP contribution in [0.1, 0.15) is 50.9 Å². The Kier molecular flexibility index (Phi) is 10.6. The summed E-state index contributed by atoms with van der Waals surface area (Å²) in [6.07, 6.45) is 9.34. The van der Waals surface area contributed by atoms with Gasteiger partial charge in [0.15, 0.2) is 0 Å². The Morgan fingerprint density at radius 1 is 1.21 bits per heavy atom. The minimum atomic E-state index is -0.395. The van der Waals surface area contributed by atoms with Crippen molar-refractivity contribution in [3.63, 3.8) is 0 Å². The fourth-order valence-corrected chi connectivity index (χ4v) is 3.82. The highest BCUT2D eigenvalue weighted by Gasteiger charge is 2.13. The van der Waals surface area contributed by atoms with Crippen molar-refractivity contribution >= 4 is 30.1 Å². The third-order valence-corrected chi connectivity index (χ3v) is 5.57. The molecule has 1 aliphatic heterocycles. The van der Waals surface area contributed by atoms with Crippen LogP contribution in [-0.2, 0) is 0 Å². The molecule has 0 unspecified atom stereocenters. The molecular formula is C28H35FN4O. The maximum Gasteiger partial charge on any atom is 0.256 e. The lowest BCUT2D eigenvalue weighted by Crippen LogP contribution is -2.27. The standard InChI is InChI=1S/C26H29FN4O.C2H6/c1-4-20-16-29-25(30-26(32)21-7-9-23(27)10-8-21)14-22(20)13-18(2)24(15-28)19(3)17-31-11-5-6-12-31;1-2/h4,7-10,13-16,28H,2,5-6,11-12,17H2,1,3H3,(H,30,32);1-2H3/b20-4-,22-13-,24-19-,28-15?;. The van der Waals surface area contributed by atoms with E-state index < -0.39 is 5.82 Å². The predicted octanol–water partition coefficient (Wildman–Crippen LogP) is 4.70. The van der Waals surface area contributed by atoms with Gasteiger partial charge >= 0.3 is 0 Å². The molecular weight excluding hydrogens is 427 g/mol. The largest absolute Gasteiger partial charge is 0.308 e. The van der Waals surface area contributed by atoms with E-state index in [2.05, 4.69) is 21.8 Å². The Balaban J connectivity index is 0.00000199. The molecule has 1 aromatic carbocycles. The zero-order valence-electron chi connectivity index (χ0n) is 20.6. The van der Waals surface area contributed by atoms with Crippen LogP contribution < -0.4 is 15.8 Å². The van der Waals surface area contributed by atoms with Crippen molar-refractivity contribution in [3.05, 3.63) is 81.6 Å². The first kappa shape index (κ1) is 26.9. The van der Waals surface area contributed by atoms with E-state index in [1.165, 1.54) is 43.3 Å². The van der Waals surface area contributed by atoms with Gasteiger partial charge < -0.3 is 10.7 Å². The average Bonchev–Trinajstić information content (AvgIpc) is 3.34. The van der Waals surface area contributed by atoms with Crippen molar-refractivity contribution in [1.29, 1.82) is 5.41 Å². The van der Waals surface area contributed by atoms with Crippen LogP contribution in [-0.4, -0.2) is 41.6 Å². The summed E-state index contributed by atoms with van der Waals surface area (Å²) in [6, 6.07) is 7.13. The van der Waals surface area contributed by atoms with Gasteiger partial charge in [-0.05, 0) is 103 Å². The minimum absolute atomic E-state index is 0.348. The summed E-state index contributed by atoms with van der Waals surface area (Å²) >= 11 is 0. The number of likely N-dealkylation sites (tertiary alicyclic amines) is 1. The maximum absolute atomic E-state index is 13.1. The first-order valence-corrected chi connectivity index (χ1v) is 11.7. The highest BCUT2D eigenvalue weighted by molar-refractivity contribution is 6.03. The number of nitrogens with one attached hydrogen (secondary N) is 2. The first-order valence-electron chi connectivity index (χ1n) is 11.7. The number of carbonyl (C=O) groups is 1. The highest BCUT2D eigenvalue weighted by atomic mass is 19.1. The number of hydrogen-bond acceptors (Lipinski definition) is 4. The molecule has 3 rings (SSSR count). The zero-order valence-corrected chi connectivity index (χ0v) is 20.6. The van der Waals surface area contributed by atoms with Crippen LogP contribution >= 0.6 is 0 Å². The van der Waals surface area contributed by atoms with Crippen molar-refractivity contribution in [2.45, 2.75) is 40.5 Å². The minimum Gasteiger partial charge on any atom is -0.308 e. The lowest BCUT2D eigenvalue weighted by atomic mass is 10.0. The third kappa shape index (κ3) is 7.32. The van der Waals surface area contributed by atoms with Crippen LogP contribution in [0.15, 0.2) is 59.8 Å². The number of allylic oxidation sites excluding steroid dienone is 2. The number of rotatable bonds is 7. The summed E-state index contributed by atoms with van der Waals surface area (Å²) in [7, 11) is 0. The number of nitrogens with zero attached hydrogens (tertiary/aromatic N) is 2. The summed E-state index contributed by atoms with van der Waals surface area (Å²) in [6.45, 7) is 15.2. The maximum atomic E-state index is 13.1. The molecule has 6 heteroatoms. The summed E-state index contributed by atoms with van der Waals surface area (Å²) in [5, 5.41) is 12.4. The van der Waals surface area contributed by atoms with E-state index in [1.807, 2.05) is 39.8 Å². The molecule has 2 N–H and O–H groups in total. The van der Waals surface area contributed by atoms with Crippen molar-refractivity contribution in [3.8, 4) is 0 Å². The van der Waals surface area contributed by atoms with Crippen LogP contribution in [0.2, 0.25) is 0 Å². The smallest absolute Gasteiger partial charge is 0.256 e. The zero-order chi connectivity index (χ0) is 25.1. The quantitative estimate of drug-likeness (QED) is 0.463. The van der Waals surface area contributed by atoms with Crippen LogP contribution in [0.5, 0.6) is 0 Å². The summed E-state index contributed by atoms with van der Waals surface area (Å²) in [4.78, 5) is 19.2. The normalized spacial score (nSPS) is 15.3. The molecule has 0 aliphatic carbocycles. The van der Waals surface area contributed by atoms with Crippen LogP contribution in [0.25, 0.3) is 12.2 Å². The number of hydrogen-bond donors (Lipinski definition) is 2. The number of carbonyl (C=O) groups excluding carboxylic acids is 1. The number of anilines is 1. The number of benzene rings is 1. The van der Waals surface area contributed by atoms with Crippen LogP contribution in [0.4, 0.5) is 10.2 Å². The molecule has 2 aromatic rings. The van der Waals surface area contributed by atoms with Crippen molar-refractivity contribution < 1.29 is 9.18 Å². The molecule has 1 aliphatic rings. The second-order valence-corrected chi connectivity index (χ2v) is 7.94. The van der Waals surface area contributed by atoms with Crippen LogP contribution in [0.3, 0.4) is 0 Å². The number of aromatic nitrogens is 1.